The van der Waals surface area contributed by atoms with E-state index in [9.17, 15) is 0 Å². The summed E-state index contributed by atoms with van der Waals surface area (Å²) in [5.41, 5.74) is 3.94. The van der Waals surface area contributed by atoms with Gasteiger partial charge in [-0.25, -0.2) is 9.97 Å². The molecule has 6 nitrogen and oxygen atoms in total. The van der Waals surface area contributed by atoms with Crippen molar-refractivity contribution in [2.45, 2.75) is 71.9 Å². The first-order chi connectivity index (χ1) is 14.5. The standard InChI is InChI=1S/C23H30N6S/c1-12(2)15-5-6-17(11-15)26-21-19(13(3)25-23(29-21)27-16-7-8-16)22-28-20-14(4)24-10-9-18(20)30-22/h9-10,12,15-17H,5-8,11H2,1-4H3,(H2,25,26,27,29)/t15-,17+/m1/s1. The Morgan fingerprint density at radius 1 is 0.967 bits per heavy atom. The fourth-order valence-electron chi connectivity index (χ4n) is 4.44. The molecule has 2 N–H and O–H groups in total. The molecular weight excluding hydrogens is 392 g/mol. The van der Waals surface area contributed by atoms with Crippen molar-refractivity contribution in [2.24, 2.45) is 11.8 Å². The van der Waals surface area contributed by atoms with E-state index < -0.39 is 0 Å². The summed E-state index contributed by atoms with van der Waals surface area (Å²) in [6, 6.07) is 3.02. The summed E-state index contributed by atoms with van der Waals surface area (Å²) in [5.74, 6) is 3.17. The van der Waals surface area contributed by atoms with Gasteiger partial charge in [-0.05, 0) is 63.9 Å². The van der Waals surface area contributed by atoms with Gasteiger partial charge in [-0.2, -0.15) is 4.98 Å². The highest BCUT2D eigenvalue weighted by Crippen LogP contribution is 2.39. The Balaban J connectivity index is 1.53. The van der Waals surface area contributed by atoms with Crippen LogP contribution >= 0.6 is 11.3 Å². The molecule has 0 spiro atoms. The first-order valence-electron chi connectivity index (χ1n) is 11.1. The summed E-state index contributed by atoms with van der Waals surface area (Å²) in [6.45, 7) is 8.76. The molecule has 3 heterocycles. The molecule has 2 atom stereocenters. The van der Waals surface area contributed by atoms with E-state index in [0.29, 0.717) is 12.1 Å². The molecule has 0 amide bonds. The van der Waals surface area contributed by atoms with Crippen molar-refractivity contribution in [3.63, 3.8) is 0 Å². The number of hydrogen-bond donors (Lipinski definition) is 2. The molecule has 2 saturated carbocycles. The maximum atomic E-state index is 4.94. The Labute approximate surface area is 182 Å². The zero-order chi connectivity index (χ0) is 20.8. The Morgan fingerprint density at radius 3 is 2.47 bits per heavy atom. The van der Waals surface area contributed by atoms with E-state index in [1.54, 1.807) is 11.3 Å². The van der Waals surface area contributed by atoms with Crippen molar-refractivity contribution < 1.29 is 0 Å². The lowest BCUT2D eigenvalue weighted by Gasteiger charge is -2.19. The van der Waals surface area contributed by atoms with Crippen LogP contribution in [-0.2, 0) is 0 Å². The van der Waals surface area contributed by atoms with Crippen molar-refractivity contribution in [1.29, 1.82) is 0 Å². The molecule has 7 heteroatoms. The van der Waals surface area contributed by atoms with E-state index in [1.165, 1.54) is 32.1 Å². The third-order valence-electron chi connectivity index (χ3n) is 6.46. The Morgan fingerprint density at radius 2 is 1.77 bits per heavy atom. The molecule has 0 radical (unpaired) electrons. The SMILES string of the molecule is Cc1nc(NC2CC2)nc(N[C@H]2CC[C@@H](C(C)C)C2)c1-c1nc2c(C)nccc2s1. The minimum Gasteiger partial charge on any atom is -0.367 e. The van der Waals surface area contributed by atoms with E-state index in [2.05, 4.69) is 36.4 Å². The van der Waals surface area contributed by atoms with E-state index in [-0.39, 0.29) is 0 Å². The molecule has 0 bridgehead atoms. The first-order valence-corrected chi connectivity index (χ1v) is 11.9. The number of aromatic nitrogens is 4. The number of aryl methyl sites for hydroxylation is 2. The van der Waals surface area contributed by atoms with Gasteiger partial charge < -0.3 is 10.6 Å². The average Bonchev–Trinajstić information content (AvgIpc) is 3.20. The van der Waals surface area contributed by atoms with Crippen LogP contribution in [0.25, 0.3) is 20.8 Å². The minimum absolute atomic E-state index is 0.456. The summed E-state index contributed by atoms with van der Waals surface area (Å²) < 4.78 is 1.16. The van der Waals surface area contributed by atoms with Crippen LogP contribution in [0.4, 0.5) is 11.8 Å². The van der Waals surface area contributed by atoms with Gasteiger partial charge in [0.2, 0.25) is 5.95 Å². The van der Waals surface area contributed by atoms with Crippen molar-refractivity contribution in [1.82, 2.24) is 19.9 Å². The second kappa shape index (κ2) is 7.76. The lowest BCUT2D eigenvalue weighted by atomic mass is 9.94. The fraction of sp³-hybridized carbons (Fsp3) is 0.565. The molecule has 0 aromatic carbocycles. The zero-order valence-electron chi connectivity index (χ0n) is 18.2. The van der Waals surface area contributed by atoms with Crippen LogP contribution in [0.2, 0.25) is 0 Å². The van der Waals surface area contributed by atoms with Crippen LogP contribution in [-0.4, -0.2) is 32.0 Å². The van der Waals surface area contributed by atoms with Gasteiger partial charge in [0.1, 0.15) is 16.3 Å². The Kier molecular flexibility index (Phi) is 5.09. The van der Waals surface area contributed by atoms with Crippen LogP contribution in [0.3, 0.4) is 0 Å². The zero-order valence-corrected chi connectivity index (χ0v) is 19.0. The second-order valence-corrected chi connectivity index (χ2v) is 10.2. The van der Waals surface area contributed by atoms with Gasteiger partial charge in [-0.15, -0.1) is 11.3 Å². The number of thiazole rings is 1. The monoisotopic (exact) mass is 422 g/mol. The van der Waals surface area contributed by atoms with Gasteiger partial charge in [0, 0.05) is 18.3 Å². The summed E-state index contributed by atoms with van der Waals surface area (Å²) >= 11 is 1.70. The number of nitrogens with zero attached hydrogens (tertiary/aromatic N) is 4. The highest BCUT2D eigenvalue weighted by atomic mass is 32.1. The predicted molar refractivity (Wildman–Crippen MR) is 124 cm³/mol. The van der Waals surface area contributed by atoms with E-state index in [1.807, 2.05) is 19.2 Å². The molecule has 2 fully saturated rings. The number of nitrogens with one attached hydrogen (secondary N) is 2. The summed E-state index contributed by atoms with van der Waals surface area (Å²) in [6.07, 6.45) is 7.95. The number of hydrogen-bond acceptors (Lipinski definition) is 7. The van der Waals surface area contributed by atoms with Crippen LogP contribution in [0.1, 0.15) is 57.3 Å². The molecule has 0 aliphatic heterocycles. The van der Waals surface area contributed by atoms with Gasteiger partial charge in [0.25, 0.3) is 0 Å². The van der Waals surface area contributed by atoms with Crippen LogP contribution in [0.15, 0.2) is 12.3 Å². The van der Waals surface area contributed by atoms with Gasteiger partial charge in [0.15, 0.2) is 0 Å². The van der Waals surface area contributed by atoms with E-state index in [4.69, 9.17) is 15.0 Å². The largest absolute Gasteiger partial charge is 0.367 e. The van der Waals surface area contributed by atoms with Crippen molar-refractivity contribution in [2.75, 3.05) is 10.6 Å². The van der Waals surface area contributed by atoms with Gasteiger partial charge in [-0.3, -0.25) is 4.98 Å². The molecule has 30 heavy (non-hydrogen) atoms. The first kappa shape index (κ1) is 19.7. The quantitative estimate of drug-likeness (QED) is 0.540. The molecule has 2 aliphatic rings. The molecular formula is C23H30N6S. The molecule has 5 rings (SSSR count). The van der Waals surface area contributed by atoms with Crippen molar-refractivity contribution >= 4 is 33.3 Å². The number of anilines is 2. The third-order valence-corrected chi connectivity index (χ3v) is 7.50. The number of pyridine rings is 1. The summed E-state index contributed by atoms with van der Waals surface area (Å²) in [4.78, 5) is 19.1. The average molecular weight is 423 g/mol. The van der Waals surface area contributed by atoms with Crippen LogP contribution in [0, 0.1) is 25.7 Å². The Hall–Kier alpha value is -2.28. The van der Waals surface area contributed by atoms with E-state index >= 15 is 0 Å². The predicted octanol–water partition coefficient (Wildman–Crippen LogP) is 5.58. The second-order valence-electron chi connectivity index (χ2n) is 9.20. The van der Waals surface area contributed by atoms with Crippen LogP contribution < -0.4 is 10.6 Å². The minimum atomic E-state index is 0.456. The lowest BCUT2D eigenvalue weighted by Crippen LogP contribution is -2.19. The number of fused-ring (bicyclic) bond motifs is 1. The fourth-order valence-corrected chi connectivity index (χ4v) is 5.55. The van der Waals surface area contributed by atoms with Crippen molar-refractivity contribution in [3.05, 3.63) is 23.7 Å². The Bertz CT molecular complexity index is 1070. The van der Waals surface area contributed by atoms with Gasteiger partial charge in [0.05, 0.1) is 21.7 Å². The highest BCUT2D eigenvalue weighted by molar-refractivity contribution is 7.21. The van der Waals surface area contributed by atoms with E-state index in [0.717, 1.165) is 55.8 Å². The maximum absolute atomic E-state index is 4.94. The molecule has 3 aromatic heterocycles. The molecule has 0 unspecified atom stereocenters. The smallest absolute Gasteiger partial charge is 0.225 e. The lowest BCUT2D eigenvalue weighted by molar-refractivity contribution is 0.393. The summed E-state index contributed by atoms with van der Waals surface area (Å²) in [7, 11) is 0. The topological polar surface area (TPSA) is 75.6 Å². The van der Waals surface area contributed by atoms with Crippen LogP contribution in [0.5, 0.6) is 0 Å². The van der Waals surface area contributed by atoms with Gasteiger partial charge >= 0.3 is 0 Å². The molecule has 3 aromatic rings. The highest BCUT2D eigenvalue weighted by Gasteiger charge is 2.29. The molecule has 2 aliphatic carbocycles. The number of rotatable bonds is 6. The van der Waals surface area contributed by atoms with Gasteiger partial charge in [-0.1, -0.05) is 13.8 Å². The normalized spacial score (nSPS) is 21.5. The third kappa shape index (κ3) is 3.87. The maximum Gasteiger partial charge on any atom is 0.225 e. The summed E-state index contributed by atoms with van der Waals surface area (Å²) in [5, 5.41) is 8.23. The molecule has 0 saturated heterocycles. The van der Waals surface area contributed by atoms with Crippen molar-refractivity contribution in [3.8, 4) is 10.6 Å². The molecule has 158 valence electrons.